The molecule has 2 atom stereocenters. The van der Waals surface area contributed by atoms with E-state index in [1.807, 2.05) is 37.3 Å². The Balaban J connectivity index is 1.73. The highest BCUT2D eigenvalue weighted by Gasteiger charge is 2.10. The average molecular weight is 315 g/mol. The molecule has 116 valence electrons. The minimum absolute atomic E-state index is 0.0416. The number of pyridine rings is 1. The molecule has 5 heteroatoms. The van der Waals surface area contributed by atoms with Crippen LogP contribution in [0.25, 0.3) is 0 Å². The third-order valence-electron chi connectivity index (χ3n) is 3.18. The summed E-state index contributed by atoms with van der Waals surface area (Å²) in [6.45, 7) is 4.68. The Labute approximate surface area is 135 Å². The normalized spacial score (nSPS) is 13.2. The maximum atomic E-state index is 11.9. The van der Waals surface area contributed by atoms with Crippen molar-refractivity contribution in [2.24, 2.45) is 0 Å². The Morgan fingerprint density at radius 1 is 1.14 bits per heavy atom. The number of hydrogen-bond acceptors (Lipinski definition) is 3. The number of nitrogens with one attached hydrogen (secondary N) is 2. The number of amides is 2. The summed E-state index contributed by atoms with van der Waals surface area (Å²) in [5, 5.41) is 6.15. The van der Waals surface area contributed by atoms with Gasteiger partial charge in [-0.3, -0.25) is 4.98 Å². The van der Waals surface area contributed by atoms with Gasteiger partial charge in [0.25, 0.3) is 0 Å². The van der Waals surface area contributed by atoms with Crippen molar-refractivity contribution in [3.05, 3.63) is 60.4 Å². The third kappa shape index (κ3) is 5.41. The predicted molar refractivity (Wildman–Crippen MR) is 90.9 cm³/mol. The number of carbonyl (C=O) groups is 1. The quantitative estimate of drug-likeness (QED) is 0.801. The monoisotopic (exact) mass is 315 g/mol. The van der Waals surface area contributed by atoms with Crippen LogP contribution in [0.3, 0.4) is 0 Å². The molecular formula is C17H21N3OS. The molecule has 0 spiro atoms. The molecule has 1 aromatic heterocycles. The maximum absolute atomic E-state index is 11.9. The van der Waals surface area contributed by atoms with Gasteiger partial charge in [0.2, 0.25) is 0 Å². The zero-order chi connectivity index (χ0) is 15.8. The molecule has 0 radical (unpaired) electrons. The second-order valence-corrected chi connectivity index (χ2v) is 6.61. The van der Waals surface area contributed by atoms with E-state index in [9.17, 15) is 4.79 Å². The van der Waals surface area contributed by atoms with E-state index in [1.165, 1.54) is 4.90 Å². The largest absolute Gasteiger partial charge is 0.337 e. The Kier molecular flexibility index (Phi) is 6.27. The van der Waals surface area contributed by atoms with Gasteiger partial charge in [-0.2, -0.15) is 0 Å². The number of benzene rings is 1. The summed E-state index contributed by atoms with van der Waals surface area (Å²) in [5.41, 5.74) is 1.04. The highest BCUT2D eigenvalue weighted by atomic mass is 32.2. The minimum atomic E-state index is -0.148. The van der Waals surface area contributed by atoms with Gasteiger partial charge in [-0.1, -0.05) is 25.1 Å². The first-order chi connectivity index (χ1) is 10.6. The molecule has 1 aromatic carbocycles. The van der Waals surface area contributed by atoms with Crippen molar-refractivity contribution in [2.45, 2.75) is 30.0 Å². The van der Waals surface area contributed by atoms with Gasteiger partial charge in [-0.25, -0.2) is 4.79 Å². The van der Waals surface area contributed by atoms with Crippen molar-refractivity contribution in [3.8, 4) is 0 Å². The zero-order valence-corrected chi connectivity index (χ0v) is 13.6. The SMILES string of the molecule is C[C@@H](CNC(=O)N[C@H](C)c1ccncc1)Sc1ccccc1. The molecular weight excluding hydrogens is 294 g/mol. The number of aromatic nitrogens is 1. The summed E-state index contributed by atoms with van der Waals surface area (Å²) in [5.74, 6) is 0. The molecule has 0 aliphatic carbocycles. The Bertz CT molecular complexity index is 577. The second kappa shape index (κ2) is 8.44. The van der Waals surface area contributed by atoms with Crippen LogP contribution in [0.2, 0.25) is 0 Å². The van der Waals surface area contributed by atoms with Crippen molar-refractivity contribution in [2.75, 3.05) is 6.54 Å². The van der Waals surface area contributed by atoms with Gasteiger partial charge in [0, 0.05) is 29.1 Å². The average Bonchev–Trinajstić information content (AvgIpc) is 2.55. The number of urea groups is 1. The van der Waals surface area contributed by atoms with Gasteiger partial charge in [0.05, 0.1) is 6.04 Å². The van der Waals surface area contributed by atoms with E-state index in [2.05, 4.69) is 34.7 Å². The van der Waals surface area contributed by atoms with Gasteiger partial charge in [0.15, 0.2) is 0 Å². The standard InChI is InChI=1S/C17H21N3OS/c1-13(22-16-6-4-3-5-7-16)12-19-17(21)20-14(2)15-8-10-18-11-9-15/h3-11,13-14H,12H2,1-2H3,(H2,19,20,21)/t13-,14+/m0/s1. The topological polar surface area (TPSA) is 54.0 Å². The Hall–Kier alpha value is -2.01. The second-order valence-electron chi connectivity index (χ2n) is 5.10. The molecule has 0 aliphatic heterocycles. The molecule has 2 aromatic rings. The Morgan fingerprint density at radius 2 is 1.82 bits per heavy atom. The lowest BCUT2D eigenvalue weighted by Gasteiger charge is -2.17. The molecule has 0 fully saturated rings. The molecule has 1 heterocycles. The van der Waals surface area contributed by atoms with Gasteiger partial charge in [0.1, 0.15) is 0 Å². The minimum Gasteiger partial charge on any atom is -0.337 e. The van der Waals surface area contributed by atoms with E-state index in [-0.39, 0.29) is 12.1 Å². The predicted octanol–water partition coefficient (Wildman–Crippen LogP) is 3.62. The summed E-state index contributed by atoms with van der Waals surface area (Å²) >= 11 is 1.75. The lowest BCUT2D eigenvalue weighted by atomic mass is 10.1. The van der Waals surface area contributed by atoms with Crippen LogP contribution in [0.4, 0.5) is 4.79 Å². The van der Waals surface area contributed by atoms with E-state index in [0.29, 0.717) is 11.8 Å². The molecule has 4 nitrogen and oxygen atoms in total. The summed E-state index contributed by atoms with van der Waals surface area (Å²) in [6, 6.07) is 13.8. The van der Waals surface area contributed by atoms with Gasteiger partial charge >= 0.3 is 6.03 Å². The lowest BCUT2D eigenvalue weighted by Crippen LogP contribution is -2.39. The van der Waals surface area contributed by atoms with Crippen molar-refractivity contribution < 1.29 is 4.79 Å². The molecule has 0 aliphatic rings. The van der Waals surface area contributed by atoms with Gasteiger partial charge in [-0.15, -0.1) is 11.8 Å². The van der Waals surface area contributed by atoms with E-state index in [4.69, 9.17) is 0 Å². The molecule has 22 heavy (non-hydrogen) atoms. The summed E-state index contributed by atoms with van der Waals surface area (Å²) in [6.07, 6.45) is 3.45. The van der Waals surface area contributed by atoms with Gasteiger partial charge in [-0.05, 0) is 36.8 Å². The fourth-order valence-electron chi connectivity index (χ4n) is 1.99. The fourth-order valence-corrected chi connectivity index (χ4v) is 2.94. The summed E-state index contributed by atoms with van der Waals surface area (Å²) in [4.78, 5) is 17.1. The van der Waals surface area contributed by atoms with Crippen LogP contribution < -0.4 is 10.6 Å². The summed E-state index contributed by atoms with van der Waals surface area (Å²) in [7, 11) is 0. The van der Waals surface area contributed by atoms with Crippen LogP contribution in [0.5, 0.6) is 0 Å². The summed E-state index contributed by atoms with van der Waals surface area (Å²) < 4.78 is 0. The van der Waals surface area contributed by atoms with Crippen molar-refractivity contribution in [3.63, 3.8) is 0 Å². The fraction of sp³-hybridized carbons (Fsp3) is 0.294. The van der Waals surface area contributed by atoms with Gasteiger partial charge < -0.3 is 10.6 Å². The smallest absolute Gasteiger partial charge is 0.315 e. The van der Waals surface area contributed by atoms with Crippen molar-refractivity contribution >= 4 is 17.8 Å². The number of thioether (sulfide) groups is 1. The number of nitrogens with zero attached hydrogens (tertiary/aromatic N) is 1. The molecule has 0 saturated carbocycles. The first-order valence-corrected chi connectivity index (χ1v) is 8.19. The van der Waals surface area contributed by atoms with Crippen LogP contribution in [0.1, 0.15) is 25.5 Å². The van der Waals surface area contributed by atoms with E-state index in [1.54, 1.807) is 24.2 Å². The molecule has 2 amide bonds. The number of carbonyl (C=O) groups excluding carboxylic acids is 1. The van der Waals surface area contributed by atoms with E-state index in [0.717, 1.165) is 5.56 Å². The van der Waals surface area contributed by atoms with Crippen molar-refractivity contribution in [1.29, 1.82) is 0 Å². The van der Waals surface area contributed by atoms with E-state index >= 15 is 0 Å². The first-order valence-electron chi connectivity index (χ1n) is 7.31. The molecule has 2 N–H and O–H groups in total. The number of rotatable bonds is 6. The molecule has 2 rings (SSSR count). The lowest BCUT2D eigenvalue weighted by molar-refractivity contribution is 0.238. The first kappa shape index (κ1) is 16.4. The van der Waals surface area contributed by atoms with Crippen LogP contribution in [0.15, 0.2) is 59.8 Å². The molecule has 0 bridgehead atoms. The van der Waals surface area contributed by atoms with Crippen LogP contribution in [-0.4, -0.2) is 22.8 Å². The molecule has 0 unspecified atom stereocenters. The number of hydrogen-bond donors (Lipinski definition) is 2. The van der Waals surface area contributed by atoms with Crippen LogP contribution in [0, 0.1) is 0 Å². The Morgan fingerprint density at radius 3 is 2.50 bits per heavy atom. The highest BCUT2D eigenvalue weighted by molar-refractivity contribution is 8.00. The third-order valence-corrected chi connectivity index (χ3v) is 4.30. The maximum Gasteiger partial charge on any atom is 0.315 e. The highest BCUT2D eigenvalue weighted by Crippen LogP contribution is 2.21. The molecule has 0 saturated heterocycles. The van der Waals surface area contributed by atoms with Crippen LogP contribution >= 0.6 is 11.8 Å². The zero-order valence-electron chi connectivity index (χ0n) is 12.8. The van der Waals surface area contributed by atoms with Crippen molar-refractivity contribution in [1.82, 2.24) is 15.6 Å². The van der Waals surface area contributed by atoms with E-state index < -0.39 is 0 Å². The van der Waals surface area contributed by atoms with Crippen LogP contribution in [-0.2, 0) is 0 Å².